The molecule has 15 heavy (non-hydrogen) atoms. The van der Waals surface area contributed by atoms with E-state index in [-0.39, 0.29) is 0 Å². The van der Waals surface area contributed by atoms with Crippen molar-refractivity contribution in [3.63, 3.8) is 0 Å². The van der Waals surface area contributed by atoms with Gasteiger partial charge in [-0.1, -0.05) is 35.3 Å². The Morgan fingerprint density at radius 2 is 2.20 bits per heavy atom. The quantitative estimate of drug-likeness (QED) is 0.866. The van der Waals surface area contributed by atoms with Crippen molar-refractivity contribution in [2.75, 3.05) is 5.32 Å². The van der Waals surface area contributed by atoms with E-state index in [1.807, 2.05) is 12.1 Å². The molecule has 0 radical (unpaired) electrons. The molecule has 5 heteroatoms. The Hall–Kier alpha value is -1.19. The van der Waals surface area contributed by atoms with Crippen LogP contribution >= 0.6 is 23.2 Å². The second-order valence-electron chi connectivity index (χ2n) is 3.00. The number of benzene rings is 1. The van der Waals surface area contributed by atoms with Crippen LogP contribution in [0.1, 0.15) is 5.56 Å². The summed E-state index contributed by atoms with van der Waals surface area (Å²) in [6.07, 6.45) is 3.43. The van der Waals surface area contributed by atoms with Crippen molar-refractivity contribution in [1.82, 2.24) is 9.97 Å². The highest BCUT2D eigenvalue weighted by Gasteiger charge is 2.03. The number of hydrogen-bond acceptors (Lipinski definition) is 2. The Labute approximate surface area is 97.4 Å². The third kappa shape index (κ3) is 2.43. The fourth-order valence-corrected chi connectivity index (χ4v) is 1.61. The van der Waals surface area contributed by atoms with Crippen molar-refractivity contribution in [3.05, 3.63) is 46.2 Å². The maximum absolute atomic E-state index is 6.03. The largest absolute Gasteiger partial charge is 0.352 e. The predicted molar refractivity (Wildman–Crippen MR) is 62.4 cm³/mol. The van der Waals surface area contributed by atoms with Gasteiger partial charge in [0.05, 0.1) is 10.0 Å². The van der Waals surface area contributed by atoms with Crippen LogP contribution in [0.2, 0.25) is 10.0 Å². The van der Waals surface area contributed by atoms with Gasteiger partial charge >= 0.3 is 0 Å². The van der Waals surface area contributed by atoms with Gasteiger partial charge in [0.25, 0.3) is 0 Å². The molecule has 0 aliphatic heterocycles. The lowest BCUT2D eigenvalue weighted by atomic mass is 10.2. The van der Waals surface area contributed by atoms with Gasteiger partial charge in [-0.25, -0.2) is 4.98 Å². The van der Waals surface area contributed by atoms with Crippen LogP contribution in [0.25, 0.3) is 0 Å². The minimum absolute atomic E-state index is 0.565. The molecule has 0 fully saturated rings. The third-order valence-corrected chi connectivity index (χ3v) is 2.83. The average molecular weight is 242 g/mol. The lowest BCUT2D eigenvalue weighted by molar-refractivity contribution is 1.09. The van der Waals surface area contributed by atoms with E-state index in [9.17, 15) is 0 Å². The molecule has 3 nitrogen and oxygen atoms in total. The van der Waals surface area contributed by atoms with Crippen LogP contribution in [-0.2, 0) is 6.54 Å². The molecule has 78 valence electrons. The summed E-state index contributed by atoms with van der Waals surface area (Å²) in [7, 11) is 0. The molecule has 1 aromatic heterocycles. The molecular weight excluding hydrogens is 233 g/mol. The summed E-state index contributed by atoms with van der Waals surface area (Å²) < 4.78 is 0. The SMILES string of the molecule is Clc1cccc(CNc2ncc[nH]2)c1Cl. The lowest BCUT2D eigenvalue weighted by Crippen LogP contribution is -2.01. The molecule has 1 heterocycles. The van der Waals surface area contributed by atoms with Gasteiger partial charge in [-0.05, 0) is 11.6 Å². The Balaban J connectivity index is 2.08. The van der Waals surface area contributed by atoms with E-state index in [0.717, 1.165) is 5.56 Å². The van der Waals surface area contributed by atoms with Crippen LogP contribution < -0.4 is 5.32 Å². The number of hydrogen-bond donors (Lipinski definition) is 2. The first-order chi connectivity index (χ1) is 7.27. The smallest absolute Gasteiger partial charge is 0.200 e. The van der Waals surface area contributed by atoms with Crippen molar-refractivity contribution in [3.8, 4) is 0 Å². The topological polar surface area (TPSA) is 40.7 Å². The number of H-pyrrole nitrogens is 1. The van der Waals surface area contributed by atoms with Crippen molar-refractivity contribution < 1.29 is 0 Å². The number of aromatic nitrogens is 2. The molecule has 0 aliphatic rings. The van der Waals surface area contributed by atoms with E-state index in [4.69, 9.17) is 23.2 Å². The van der Waals surface area contributed by atoms with Gasteiger partial charge < -0.3 is 10.3 Å². The number of anilines is 1. The number of aromatic amines is 1. The first-order valence-corrected chi connectivity index (χ1v) is 5.19. The highest BCUT2D eigenvalue weighted by molar-refractivity contribution is 6.42. The molecule has 1 aromatic carbocycles. The molecule has 0 spiro atoms. The van der Waals surface area contributed by atoms with Gasteiger partial charge in [0.2, 0.25) is 0 Å². The van der Waals surface area contributed by atoms with E-state index in [2.05, 4.69) is 15.3 Å². The molecule has 2 N–H and O–H groups in total. The van der Waals surface area contributed by atoms with Gasteiger partial charge in [-0.15, -0.1) is 0 Å². The number of imidazole rings is 1. The first-order valence-electron chi connectivity index (χ1n) is 4.43. The summed E-state index contributed by atoms with van der Waals surface area (Å²) in [5, 5.41) is 4.25. The molecule has 0 bridgehead atoms. The zero-order valence-corrected chi connectivity index (χ0v) is 9.31. The highest BCUT2D eigenvalue weighted by Crippen LogP contribution is 2.25. The van der Waals surface area contributed by atoms with Crippen molar-refractivity contribution >= 4 is 29.2 Å². The summed E-state index contributed by atoms with van der Waals surface area (Å²) in [5.74, 6) is 0.714. The number of nitrogens with zero attached hydrogens (tertiary/aromatic N) is 1. The van der Waals surface area contributed by atoms with E-state index in [1.165, 1.54) is 0 Å². The van der Waals surface area contributed by atoms with E-state index in [1.54, 1.807) is 18.5 Å². The summed E-state index contributed by atoms with van der Waals surface area (Å²) in [6.45, 7) is 0.590. The van der Waals surface area contributed by atoms with Gasteiger partial charge in [0, 0.05) is 18.9 Å². The van der Waals surface area contributed by atoms with Gasteiger partial charge in [-0.3, -0.25) is 0 Å². The van der Waals surface area contributed by atoms with E-state index < -0.39 is 0 Å². The Morgan fingerprint density at radius 3 is 2.93 bits per heavy atom. The van der Waals surface area contributed by atoms with Crippen LogP contribution in [0.5, 0.6) is 0 Å². The van der Waals surface area contributed by atoms with Crippen LogP contribution in [0.15, 0.2) is 30.6 Å². The van der Waals surface area contributed by atoms with Gasteiger partial charge in [0.1, 0.15) is 0 Å². The fraction of sp³-hybridized carbons (Fsp3) is 0.100. The maximum atomic E-state index is 6.03. The van der Waals surface area contributed by atoms with Crippen LogP contribution in [0.4, 0.5) is 5.95 Å². The minimum atomic E-state index is 0.565. The molecular formula is C10H9Cl2N3. The van der Waals surface area contributed by atoms with Crippen molar-refractivity contribution in [2.24, 2.45) is 0 Å². The van der Waals surface area contributed by atoms with Gasteiger partial charge in [-0.2, -0.15) is 0 Å². The standard InChI is InChI=1S/C10H9Cl2N3/c11-8-3-1-2-7(9(8)12)6-15-10-13-4-5-14-10/h1-5H,6H2,(H2,13,14,15). The summed E-state index contributed by atoms with van der Waals surface area (Å²) in [4.78, 5) is 6.98. The van der Waals surface area contributed by atoms with E-state index in [0.29, 0.717) is 22.5 Å². The zero-order valence-electron chi connectivity index (χ0n) is 7.80. The summed E-state index contributed by atoms with van der Waals surface area (Å²) in [5.41, 5.74) is 0.945. The second kappa shape index (κ2) is 4.55. The van der Waals surface area contributed by atoms with Crippen LogP contribution in [0.3, 0.4) is 0 Å². The normalized spacial score (nSPS) is 10.3. The van der Waals surface area contributed by atoms with E-state index >= 15 is 0 Å². The second-order valence-corrected chi connectivity index (χ2v) is 3.79. The van der Waals surface area contributed by atoms with Crippen molar-refractivity contribution in [2.45, 2.75) is 6.54 Å². The fourth-order valence-electron chi connectivity index (χ4n) is 1.23. The molecule has 0 amide bonds. The monoisotopic (exact) mass is 241 g/mol. The molecule has 0 atom stereocenters. The lowest BCUT2D eigenvalue weighted by Gasteiger charge is -2.06. The van der Waals surface area contributed by atoms with Crippen molar-refractivity contribution in [1.29, 1.82) is 0 Å². The highest BCUT2D eigenvalue weighted by atomic mass is 35.5. The predicted octanol–water partition coefficient (Wildman–Crippen LogP) is 3.33. The molecule has 2 rings (SSSR count). The number of halogens is 2. The van der Waals surface area contributed by atoms with Gasteiger partial charge in [0.15, 0.2) is 5.95 Å². The number of nitrogens with one attached hydrogen (secondary N) is 2. The van der Waals surface area contributed by atoms with Crippen LogP contribution in [-0.4, -0.2) is 9.97 Å². The molecule has 0 saturated heterocycles. The molecule has 2 aromatic rings. The Bertz CT molecular complexity index is 440. The Kier molecular flexibility index (Phi) is 3.14. The molecule has 0 saturated carbocycles. The summed E-state index contributed by atoms with van der Waals surface area (Å²) >= 11 is 11.9. The minimum Gasteiger partial charge on any atom is -0.352 e. The summed E-state index contributed by atoms with van der Waals surface area (Å²) in [6, 6.07) is 5.55. The first kappa shape index (κ1) is 10.3. The number of rotatable bonds is 3. The zero-order chi connectivity index (χ0) is 10.7. The third-order valence-electron chi connectivity index (χ3n) is 1.98. The maximum Gasteiger partial charge on any atom is 0.200 e. The molecule has 0 aliphatic carbocycles. The van der Waals surface area contributed by atoms with Crippen LogP contribution in [0, 0.1) is 0 Å². The Morgan fingerprint density at radius 1 is 1.33 bits per heavy atom. The molecule has 0 unspecified atom stereocenters. The average Bonchev–Trinajstić information content (AvgIpc) is 2.73.